The molecule has 4 nitrogen and oxygen atoms in total. The standard InChI is InChI=1S/C8H9N3O/c1-10-4-3-6(12)7-8(10)11(2)5-9-7/h3-5H,1-2H3. The molecule has 0 radical (unpaired) electrons. The predicted molar refractivity (Wildman–Crippen MR) is 46.0 cm³/mol. The largest absolute Gasteiger partial charge is 0.335 e. The highest BCUT2D eigenvalue weighted by molar-refractivity contribution is 5.70. The third kappa shape index (κ3) is 0.777. The monoisotopic (exact) mass is 163 g/mol. The van der Waals surface area contributed by atoms with E-state index in [2.05, 4.69) is 4.98 Å². The van der Waals surface area contributed by atoms with Crippen LogP contribution in [0.25, 0.3) is 11.2 Å². The topological polar surface area (TPSA) is 39.8 Å². The minimum atomic E-state index is -0.0244. The third-order valence-corrected chi connectivity index (χ3v) is 1.92. The zero-order valence-electron chi connectivity index (χ0n) is 6.98. The zero-order chi connectivity index (χ0) is 8.72. The Morgan fingerprint density at radius 1 is 1.33 bits per heavy atom. The van der Waals surface area contributed by atoms with Gasteiger partial charge in [0.15, 0.2) is 5.52 Å². The summed E-state index contributed by atoms with van der Waals surface area (Å²) in [4.78, 5) is 15.3. The minimum absolute atomic E-state index is 0.0244. The van der Waals surface area contributed by atoms with Gasteiger partial charge in [-0.05, 0) is 0 Å². The number of imidazole rings is 1. The number of aryl methyl sites for hydroxylation is 2. The Bertz CT molecular complexity index is 480. The van der Waals surface area contributed by atoms with Crippen LogP contribution < -0.4 is 5.43 Å². The van der Waals surface area contributed by atoms with E-state index >= 15 is 0 Å². The maximum Gasteiger partial charge on any atom is 0.209 e. The van der Waals surface area contributed by atoms with Crippen molar-refractivity contribution in [1.82, 2.24) is 14.1 Å². The lowest BCUT2D eigenvalue weighted by molar-refractivity contribution is 0.852. The summed E-state index contributed by atoms with van der Waals surface area (Å²) in [7, 11) is 3.76. The summed E-state index contributed by atoms with van der Waals surface area (Å²) in [6.07, 6.45) is 3.39. The molecule has 0 saturated heterocycles. The molecule has 0 aliphatic carbocycles. The second-order valence-corrected chi connectivity index (χ2v) is 2.82. The SMILES string of the molecule is Cn1ccc(=O)c2ncn(C)c21. The van der Waals surface area contributed by atoms with E-state index in [1.807, 2.05) is 23.2 Å². The van der Waals surface area contributed by atoms with Crippen LogP contribution in [0.3, 0.4) is 0 Å². The summed E-state index contributed by atoms with van der Waals surface area (Å²) < 4.78 is 3.71. The fourth-order valence-electron chi connectivity index (χ4n) is 1.34. The molecule has 2 rings (SSSR count). The number of rotatable bonds is 0. The van der Waals surface area contributed by atoms with E-state index in [4.69, 9.17) is 0 Å². The van der Waals surface area contributed by atoms with E-state index in [1.165, 1.54) is 6.07 Å². The second kappa shape index (κ2) is 2.20. The van der Waals surface area contributed by atoms with Crippen molar-refractivity contribution in [3.63, 3.8) is 0 Å². The fraction of sp³-hybridized carbons (Fsp3) is 0.250. The van der Waals surface area contributed by atoms with Crippen LogP contribution in [0.4, 0.5) is 0 Å². The van der Waals surface area contributed by atoms with Crippen LogP contribution in [0.5, 0.6) is 0 Å². The van der Waals surface area contributed by atoms with Crippen LogP contribution in [-0.4, -0.2) is 14.1 Å². The molecule has 2 aromatic rings. The van der Waals surface area contributed by atoms with Crippen molar-refractivity contribution in [2.75, 3.05) is 0 Å². The number of aromatic nitrogens is 3. The van der Waals surface area contributed by atoms with Gasteiger partial charge in [0.1, 0.15) is 5.65 Å². The second-order valence-electron chi connectivity index (χ2n) is 2.82. The Kier molecular flexibility index (Phi) is 1.30. The summed E-state index contributed by atoms with van der Waals surface area (Å²) in [6, 6.07) is 1.52. The molecule has 2 heterocycles. The highest BCUT2D eigenvalue weighted by atomic mass is 16.1. The lowest BCUT2D eigenvalue weighted by Gasteiger charge is -2.00. The molecule has 0 atom stereocenters. The van der Waals surface area contributed by atoms with Crippen molar-refractivity contribution >= 4 is 11.2 Å². The van der Waals surface area contributed by atoms with Crippen LogP contribution in [-0.2, 0) is 14.1 Å². The van der Waals surface area contributed by atoms with Crippen molar-refractivity contribution in [2.24, 2.45) is 14.1 Å². The van der Waals surface area contributed by atoms with Crippen molar-refractivity contribution < 1.29 is 0 Å². The van der Waals surface area contributed by atoms with Crippen LogP contribution in [0.2, 0.25) is 0 Å². The van der Waals surface area contributed by atoms with Crippen molar-refractivity contribution in [3.8, 4) is 0 Å². The van der Waals surface area contributed by atoms with E-state index in [0.717, 1.165) is 5.65 Å². The highest BCUT2D eigenvalue weighted by Crippen LogP contribution is 2.04. The lowest BCUT2D eigenvalue weighted by atomic mass is 10.4. The van der Waals surface area contributed by atoms with Crippen LogP contribution in [0.1, 0.15) is 0 Å². The van der Waals surface area contributed by atoms with Crippen LogP contribution >= 0.6 is 0 Å². The third-order valence-electron chi connectivity index (χ3n) is 1.92. The predicted octanol–water partition coefficient (Wildman–Crippen LogP) is 0.272. The Morgan fingerprint density at radius 3 is 2.75 bits per heavy atom. The number of fused-ring (bicyclic) bond motifs is 1. The first-order valence-electron chi connectivity index (χ1n) is 3.67. The van der Waals surface area contributed by atoms with Gasteiger partial charge in [0.2, 0.25) is 5.43 Å². The first kappa shape index (κ1) is 7.09. The van der Waals surface area contributed by atoms with Gasteiger partial charge >= 0.3 is 0 Å². The van der Waals surface area contributed by atoms with Gasteiger partial charge < -0.3 is 9.13 Å². The molecule has 12 heavy (non-hydrogen) atoms. The molecule has 0 bridgehead atoms. The summed E-state index contributed by atoms with van der Waals surface area (Å²) in [5.74, 6) is 0. The quantitative estimate of drug-likeness (QED) is 0.559. The summed E-state index contributed by atoms with van der Waals surface area (Å²) in [5.41, 5.74) is 1.36. The molecule has 4 heteroatoms. The van der Waals surface area contributed by atoms with Crippen molar-refractivity contribution in [1.29, 1.82) is 0 Å². The number of hydrogen-bond acceptors (Lipinski definition) is 2. The molecule has 0 aliphatic rings. The first-order chi connectivity index (χ1) is 5.70. The molecule has 0 spiro atoms. The van der Waals surface area contributed by atoms with E-state index in [9.17, 15) is 4.79 Å². The molecule has 0 amide bonds. The minimum Gasteiger partial charge on any atom is -0.335 e. The first-order valence-corrected chi connectivity index (χ1v) is 3.67. The molecule has 2 aromatic heterocycles. The lowest BCUT2D eigenvalue weighted by Crippen LogP contribution is -2.06. The molecule has 0 N–H and O–H groups in total. The molecule has 0 saturated carbocycles. The van der Waals surface area contributed by atoms with Gasteiger partial charge in [-0.1, -0.05) is 0 Å². The molecule has 0 aromatic carbocycles. The van der Waals surface area contributed by atoms with Gasteiger partial charge in [0.05, 0.1) is 6.33 Å². The zero-order valence-corrected chi connectivity index (χ0v) is 6.98. The van der Waals surface area contributed by atoms with Gasteiger partial charge in [-0.2, -0.15) is 0 Å². The smallest absolute Gasteiger partial charge is 0.209 e. The van der Waals surface area contributed by atoms with E-state index in [0.29, 0.717) is 5.52 Å². The van der Waals surface area contributed by atoms with Gasteiger partial charge in [-0.15, -0.1) is 0 Å². The Morgan fingerprint density at radius 2 is 2.08 bits per heavy atom. The molecular formula is C8H9N3O. The molecular weight excluding hydrogens is 154 g/mol. The Hall–Kier alpha value is -1.58. The maximum atomic E-state index is 11.3. The molecule has 0 aliphatic heterocycles. The van der Waals surface area contributed by atoms with Gasteiger partial charge in [0.25, 0.3) is 0 Å². The van der Waals surface area contributed by atoms with E-state index in [-0.39, 0.29) is 5.43 Å². The fourth-order valence-corrected chi connectivity index (χ4v) is 1.34. The summed E-state index contributed by atoms with van der Waals surface area (Å²) in [5, 5.41) is 0. The maximum absolute atomic E-state index is 11.3. The van der Waals surface area contributed by atoms with E-state index < -0.39 is 0 Å². The van der Waals surface area contributed by atoms with Crippen LogP contribution in [0, 0.1) is 0 Å². The van der Waals surface area contributed by atoms with Crippen LogP contribution in [0.15, 0.2) is 23.4 Å². The van der Waals surface area contributed by atoms with Crippen molar-refractivity contribution in [3.05, 3.63) is 28.8 Å². The number of pyridine rings is 1. The molecule has 0 fully saturated rings. The Labute approximate surface area is 69.1 Å². The van der Waals surface area contributed by atoms with E-state index in [1.54, 1.807) is 12.5 Å². The van der Waals surface area contributed by atoms with Crippen molar-refractivity contribution in [2.45, 2.75) is 0 Å². The normalized spacial score (nSPS) is 10.8. The van der Waals surface area contributed by atoms with Gasteiger partial charge in [-0.3, -0.25) is 4.79 Å². The number of nitrogens with zero attached hydrogens (tertiary/aromatic N) is 3. The summed E-state index contributed by atoms with van der Waals surface area (Å²) >= 11 is 0. The number of hydrogen-bond donors (Lipinski definition) is 0. The average molecular weight is 163 g/mol. The Balaban J connectivity index is 3.09. The van der Waals surface area contributed by atoms with Gasteiger partial charge in [0, 0.05) is 26.4 Å². The highest BCUT2D eigenvalue weighted by Gasteiger charge is 2.04. The average Bonchev–Trinajstić information content (AvgIpc) is 2.42. The molecule has 62 valence electrons. The summed E-state index contributed by atoms with van der Waals surface area (Å²) in [6.45, 7) is 0. The molecule has 0 unspecified atom stereocenters. The van der Waals surface area contributed by atoms with Gasteiger partial charge in [-0.25, -0.2) is 4.98 Å².